The summed E-state index contributed by atoms with van der Waals surface area (Å²) in [7, 11) is 0. The Morgan fingerprint density at radius 2 is 1.88 bits per heavy atom. The van der Waals surface area contributed by atoms with Crippen LogP contribution in [0.4, 0.5) is 10.1 Å². The number of nitro groups is 1. The highest BCUT2D eigenvalue weighted by atomic mass is 35.5. The lowest BCUT2D eigenvalue weighted by molar-refractivity contribution is -0.384. The van der Waals surface area contributed by atoms with E-state index in [1.165, 1.54) is 30.3 Å². The minimum atomic E-state index is -0.744. The van der Waals surface area contributed by atoms with Crippen LogP contribution in [0.15, 0.2) is 77.4 Å². The van der Waals surface area contributed by atoms with Crippen LogP contribution >= 0.6 is 11.6 Å². The molecule has 0 aliphatic carbocycles. The number of aliphatic imine (C=N–C) groups is 1. The number of rotatable bonds is 6. The molecule has 9 heteroatoms. The summed E-state index contributed by atoms with van der Waals surface area (Å²) < 4.78 is 24.8. The zero-order valence-corrected chi connectivity index (χ0v) is 17.1. The minimum absolute atomic E-state index is 0.00485. The van der Waals surface area contributed by atoms with Crippen LogP contribution in [0.5, 0.6) is 5.75 Å². The van der Waals surface area contributed by atoms with E-state index in [4.69, 9.17) is 21.1 Å². The molecule has 1 heterocycles. The number of nitrogens with zero attached hydrogens (tertiary/aromatic N) is 2. The molecule has 0 saturated carbocycles. The molecule has 0 atom stereocenters. The van der Waals surface area contributed by atoms with E-state index >= 15 is 0 Å². The normalized spacial score (nSPS) is 14.2. The Morgan fingerprint density at radius 1 is 1.12 bits per heavy atom. The van der Waals surface area contributed by atoms with Crippen LogP contribution in [0.2, 0.25) is 5.02 Å². The number of esters is 1. The maximum absolute atomic E-state index is 13.9. The number of non-ortho nitro benzene ring substituents is 1. The molecular weight excluding hydrogens is 439 g/mol. The fourth-order valence-corrected chi connectivity index (χ4v) is 3.16. The number of hydrogen-bond acceptors (Lipinski definition) is 6. The molecule has 0 spiro atoms. The van der Waals surface area contributed by atoms with Crippen molar-refractivity contribution in [3.05, 3.63) is 110 Å². The van der Waals surface area contributed by atoms with Gasteiger partial charge in [-0.1, -0.05) is 48.0 Å². The maximum atomic E-state index is 13.9. The average Bonchev–Trinajstić information content (AvgIpc) is 3.14. The molecule has 3 aromatic carbocycles. The molecule has 7 nitrogen and oxygen atoms in total. The molecule has 3 aromatic rings. The van der Waals surface area contributed by atoms with Crippen LogP contribution in [-0.2, 0) is 16.1 Å². The van der Waals surface area contributed by atoms with E-state index in [-0.39, 0.29) is 40.3 Å². The van der Waals surface area contributed by atoms with Gasteiger partial charge in [-0.05, 0) is 24.3 Å². The lowest BCUT2D eigenvalue weighted by atomic mass is 10.1. The molecule has 0 saturated heterocycles. The van der Waals surface area contributed by atoms with Crippen LogP contribution in [-0.4, -0.2) is 16.8 Å². The summed E-state index contributed by atoms with van der Waals surface area (Å²) >= 11 is 6.11. The Morgan fingerprint density at radius 3 is 2.66 bits per heavy atom. The predicted molar refractivity (Wildman–Crippen MR) is 116 cm³/mol. The third-order valence-electron chi connectivity index (χ3n) is 4.56. The second-order valence-corrected chi connectivity index (χ2v) is 7.08. The Balaban J connectivity index is 1.63. The third-order valence-corrected chi connectivity index (χ3v) is 4.89. The van der Waals surface area contributed by atoms with Crippen LogP contribution in [0.25, 0.3) is 6.08 Å². The van der Waals surface area contributed by atoms with Gasteiger partial charge in [0.2, 0.25) is 5.90 Å². The molecule has 4 rings (SSSR count). The van der Waals surface area contributed by atoms with Crippen molar-refractivity contribution >= 4 is 35.2 Å². The van der Waals surface area contributed by atoms with Crippen molar-refractivity contribution in [3.8, 4) is 5.75 Å². The van der Waals surface area contributed by atoms with E-state index in [2.05, 4.69) is 4.99 Å². The van der Waals surface area contributed by atoms with Gasteiger partial charge in [0.25, 0.3) is 5.69 Å². The summed E-state index contributed by atoms with van der Waals surface area (Å²) in [6.07, 6.45) is 1.46. The molecule has 0 bridgehead atoms. The Labute approximate surface area is 186 Å². The van der Waals surface area contributed by atoms with Crippen molar-refractivity contribution < 1.29 is 23.6 Å². The summed E-state index contributed by atoms with van der Waals surface area (Å²) in [5.41, 5.74) is 0.778. The van der Waals surface area contributed by atoms with Crippen LogP contribution < -0.4 is 4.74 Å². The van der Waals surface area contributed by atoms with Gasteiger partial charge in [0.15, 0.2) is 5.70 Å². The summed E-state index contributed by atoms with van der Waals surface area (Å²) in [4.78, 5) is 27.0. The van der Waals surface area contributed by atoms with E-state index in [1.54, 1.807) is 42.5 Å². The Bertz CT molecular complexity index is 1290. The Hall–Kier alpha value is -4.04. The molecule has 0 fully saturated rings. The molecule has 160 valence electrons. The SMILES string of the molecule is O=C1OC(c2cc([N+](=O)[O-])ccc2Cl)=N/C1=C\c1ccccc1OCc1ccccc1F. The first-order valence-corrected chi connectivity index (χ1v) is 9.72. The second kappa shape index (κ2) is 8.99. The number of benzene rings is 3. The van der Waals surface area contributed by atoms with Crippen molar-refractivity contribution in [1.82, 2.24) is 0 Å². The number of nitro benzene ring substituents is 1. The first-order valence-electron chi connectivity index (χ1n) is 9.34. The predicted octanol–water partition coefficient (Wildman–Crippen LogP) is 5.31. The monoisotopic (exact) mass is 452 g/mol. The molecule has 0 unspecified atom stereocenters. The number of ether oxygens (including phenoxy) is 2. The maximum Gasteiger partial charge on any atom is 0.363 e. The van der Waals surface area contributed by atoms with Gasteiger partial charge in [-0.2, -0.15) is 0 Å². The highest BCUT2D eigenvalue weighted by Gasteiger charge is 2.27. The quantitative estimate of drug-likeness (QED) is 0.219. The lowest BCUT2D eigenvalue weighted by Gasteiger charge is -2.10. The molecule has 32 heavy (non-hydrogen) atoms. The van der Waals surface area contributed by atoms with Crippen molar-refractivity contribution in [2.75, 3.05) is 0 Å². The van der Waals surface area contributed by atoms with Gasteiger partial charge in [-0.3, -0.25) is 10.1 Å². The van der Waals surface area contributed by atoms with Crippen molar-refractivity contribution in [2.24, 2.45) is 4.99 Å². The van der Waals surface area contributed by atoms with Crippen LogP contribution in [0, 0.1) is 15.9 Å². The highest BCUT2D eigenvalue weighted by Crippen LogP contribution is 2.29. The van der Waals surface area contributed by atoms with E-state index in [1.807, 2.05) is 0 Å². The first kappa shape index (κ1) is 21.2. The van der Waals surface area contributed by atoms with E-state index in [0.717, 1.165) is 0 Å². The molecule has 0 radical (unpaired) electrons. The topological polar surface area (TPSA) is 91.0 Å². The highest BCUT2D eigenvalue weighted by molar-refractivity contribution is 6.34. The number of para-hydroxylation sites is 1. The summed E-state index contributed by atoms with van der Waals surface area (Å²) in [6.45, 7) is -0.00485. The summed E-state index contributed by atoms with van der Waals surface area (Å²) in [5.74, 6) is -0.856. The van der Waals surface area contributed by atoms with E-state index in [9.17, 15) is 19.3 Å². The summed E-state index contributed by atoms with van der Waals surface area (Å²) in [6, 6.07) is 16.9. The zero-order valence-electron chi connectivity index (χ0n) is 16.3. The number of carbonyl (C=O) groups excluding carboxylic acids is 1. The van der Waals surface area contributed by atoms with Crippen molar-refractivity contribution in [2.45, 2.75) is 6.61 Å². The van der Waals surface area contributed by atoms with Gasteiger partial charge in [0.05, 0.1) is 15.5 Å². The lowest BCUT2D eigenvalue weighted by Crippen LogP contribution is -2.06. The van der Waals surface area contributed by atoms with Gasteiger partial charge in [-0.15, -0.1) is 0 Å². The largest absolute Gasteiger partial charge is 0.488 e. The molecule has 0 aromatic heterocycles. The zero-order chi connectivity index (χ0) is 22.7. The summed E-state index contributed by atoms with van der Waals surface area (Å²) in [5, 5.41) is 11.2. The van der Waals surface area contributed by atoms with Crippen molar-refractivity contribution in [1.29, 1.82) is 0 Å². The number of halogens is 2. The smallest absolute Gasteiger partial charge is 0.363 e. The number of hydrogen-bond donors (Lipinski definition) is 0. The van der Waals surface area contributed by atoms with Crippen LogP contribution in [0.3, 0.4) is 0 Å². The van der Waals surface area contributed by atoms with Crippen molar-refractivity contribution in [3.63, 3.8) is 0 Å². The average molecular weight is 453 g/mol. The van der Waals surface area contributed by atoms with Gasteiger partial charge in [-0.25, -0.2) is 14.2 Å². The third kappa shape index (κ3) is 4.50. The molecule has 0 N–H and O–H groups in total. The fourth-order valence-electron chi connectivity index (χ4n) is 2.96. The first-order chi connectivity index (χ1) is 15.4. The number of cyclic esters (lactones) is 1. The van der Waals surface area contributed by atoms with Gasteiger partial charge >= 0.3 is 5.97 Å². The van der Waals surface area contributed by atoms with Gasteiger partial charge in [0, 0.05) is 23.3 Å². The molecule has 0 amide bonds. The van der Waals surface area contributed by atoms with Gasteiger partial charge < -0.3 is 9.47 Å². The van der Waals surface area contributed by atoms with Crippen LogP contribution in [0.1, 0.15) is 16.7 Å². The molecule has 1 aliphatic heterocycles. The van der Waals surface area contributed by atoms with E-state index < -0.39 is 10.9 Å². The number of carbonyl (C=O) groups is 1. The molecule has 1 aliphatic rings. The van der Waals surface area contributed by atoms with Gasteiger partial charge in [0.1, 0.15) is 18.2 Å². The second-order valence-electron chi connectivity index (χ2n) is 6.68. The molecular formula is C23H14ClFN2O5. The fraction of sp³-hybridized carbons (Fsp3) is 0.0435. The standard InChI is InChI=1S/C23H14ClFN2O5/c24-18-10-9-16(27(29)30)12-17(18)22-26-20(23(28)32-22)11-14-5-2-4-8-21(14)31-13-15-6-1-3-7-19(15)25/h1-12H,13H2/b20-11-. The van der Waals surface area contributed by atoms with E-state index in [0.29, 0.717) is 16.9 Å². The minimum Gasteiger partial charge on any atom is -0.488 e. The Kier molecular flexibility index (Phi) is 5.96.